The van der Waals surface area contributed by atoms with Crippen LogP contribution in [-0.2, 0) is 6.54 Å². The molecule has 0 spiro atoms. The van der Waals surface area contributed by atoms with Crippen LogP contribution < -0.4 is 16.2 Å². The van der Waals surface area contributed by atoms with Crippen LogP contribution in [0.25, 0.3) is 11.0 Å². The molecule has 9 heteroatoms. The van der Waals surface area contributed by atoms with Gasteiger partial charge in [0.05, 0.1) is 22.3 Å². The zero-order chi connectivity index (χ0) is 17.4. The highest BCUT2D eigenvalue weighted by Gasteiger charge is 2.21. The lowest BCUT2D eigenvalue weighted by molar-refractivity contribution is 0.505. The van der Waals surface area contributed by atoms with Crippen molar-refractivity contribution in [2.75, 3.05) is 18.4 Å². The van der Waals surface area contributed by atoms with Gasteiger partial charge < -0.3 is 10.6 Å². The van der Waals surface area contributed by atoms with Crippen molar-refractivity contribution in [3.05, 3.63) is 50.4 Å². The maximum atomic E-state index is 12.5. The highest BCUT2D eigenvalue weighted by Crippen LogP contribution is 2.23. The molecule has 3 aromatic rings. The number of benzene rings is 1. The number of hydrogen-bond acceptors (Lipinski definition) is 5. The van der Waals surface area contributed by atoms with Gasteiger partial charge in [0.15, 0.2) is 5.52 Å². The van der Waals surface area contributed by atoms with Crippen LogP contribution in [0.15, 0.2) is 29.2 Å². The Kier molecular flexibility index (Phi) is 4.37. The first-order chi connectivity index (χ1) is 12.1. The average Bonchev–Trinajstić information content (AvgIpc) is 3.25. The Bertz CT molecular complexity index is 976. The SMILES string of the molecule is O=c1[nH]c(NCc2ccc(Cl)c(Cl)c2)nc2cnn(C3CCNC3)c12. The van der Waals surface area contributed by atoms with E-state index in [-0.39, 0.29) is 11.6 Å². The molecule has 0 aliphatic carbocycles. The van der Waals surface area contributed by atoms with Gasteiger partial charge in [0.2, 0.25) is 5.95 Å². The number of aromatic nitrogens is 4. The second kappa shape index (κ2) is 6.67. The molecule has 1 aliphatic rings. The van der Waals surface area contributed by atoms with E-state index in [0.29, 0.717) is 33.6 Å². The predicted molar refractivity (Wildman–Crippen MR) is 98.5 cm³/mol. The van der Waals surface area contributed by atoms with Gasteiger partial charge in [-0.15, -0.1) is 0 Å². The first kappa shape index (κ1) is 16.4. The third-order valence-electron chi connectivity index (χ3n) is 4.28. The van der Waals surface area contributed by atoms with E-state index in [1.807, 2.05) is 6.07 Å². The molecule has 0 bridgehead atoms. The second-order valence-corrected chi connectivity index (χ2v) is 6.80. The van der Waals surface area contributed by atoms with Gasteiger partial charge in [0.25, 0.3) is 5.56 Å². The van der Waals surface area contributed by atoms with Crippen molar-refractivity contribution in [1.29, 1.82) is 0 Å². The Hall–Kier alpha value is -2.09. The summed E-state index contributed by atoms with van der Waals surface area (Å²) in [5.41, 5.74) is 1.82. The Morgan fingerprint density at radius 2 is 2.20 bits per heavy atom. The Morgan fingerprint density at radius 3 is 2.96 bits per heavy atom. The van der Waals surface area contributed by atoms with E-state index in [1.54, 1.807) is 23.0 Å². The first-order valence-corrected chi connectivity index (χ1v) is 8.73. The highest BCUT2D eigenvalue weighted by atomic mass is 35.5. The number of rotatable bonds is 4. The standard InChI is InChI=1S/C16H16Cl2N6O/c17-11-2-1-9(5-12(11)18)6-20-16-22-13-8-21-24(10-3-4-19-7-10)14(13)15(25)23-16/h1-2,5,8,10,19H,3-4,6-7H2,(H2,20,22,23,25). The molecule has 25 heavy (non-hydrogen) atoms. The van der Waals surface area contributed by atoms with E-state index < -0.39 is 0 Å². The molecule has 3 N–H and O–H groups in total. The van der Waals surface area contributed by atoms with Crippen molar-refractivity contribution < 1.29 is 0 Å². The lowest BCUT2D eigenvalue weighted by atomic mass is 10.2. The van der Waals surface area contributed by atoms with E-state index in [9.17, 15) is 4.79 Å². The van der Waals surface area contributed by atoms with Gasteiger partial charge in [-0.2, -0.15) is 5.10 Å². The van der Waals surface area contributed by atoms with Crippen LogP contribution in [0.2, 0.25) is 10.0 Å². The summed E-state index contributed by atoms with van der Waals surface area (Å²) in [6.07, 6.45) is 2.58. The molecule has 1 unspecified atom stereocenters. The quantitative estimate of drug-likeness (QED) is 0.649. The maximum absolute atomic E-state index is 12.5. The summed E-state index contributed by atoms with van der Waals surface area (Å²) in [6, 6.07) is 5.57. The first-order valence-electron chi connectivity index (χ1n) is 7.98. The fraction of sp³-hybridized carbons (Fsp3) is 0.312. The van der Waals surface area contributed by atoms with Gasteiger partial charge in [-0.05, 0) is 30.7 Å². The summed E-state index contributed by atoms with van der Waals surface area (Å²) in [5.74, 6) is 0.396. The van der Waals surface area contributed by atoms with E-state index in [1.165, 1.54) is 0 Å². The Morgan fingerprint density at radius 1 is 1.32 bits per heavy atom. The molecular formula is C16H16Cl2N6O. The number of H-pyrrole nitrogens is 1. The van der Waals surface area contributed by atoms with Crippen LogP contribution in [0.1, 0.15) is 18.0 Å². The van der Waals surface area contributed by atoms with Gasteiger partial charge in [0.1, 0.15) is 5.52 Å². The lowest BCUT2D eigenvalue weighted by Gasteiger charge is -2.10. The molecule has 0 saturated carbocycles. The zero-order valence-corrected chi connectivity index (χ0v) is 14.7. The largest absolute Gasteiger partial charge is 0.352 e. The van der Waals surface area contributed by atoms with Crippen molar-refractivity contribution in [1.82, 2.24) is 25.1 Å². The molecule has 4 rings (SSSR count). The van der Waals surface area contributed by atoms with Crippen LogP contribution in [0.4, 0.5) is 5.95 Å². The smallest absolute Gasteiger partial charge is 0.278 e. The molecule has 130 valence electrons. The number of fused-ring (bicyclic) bond motifs is 1. The van der Waals surface area contributed by atoms with Crippen molar-refractivity contribution in [3.63, 3.8) is 0 Å². The molecule has 1 saturated heterocycles. The maximum Gasteiger partial charge on any atom is 0.278 e. The third kappa shape index (κ3) is 3.22. The minimum atomic E-state index is -0.203. The molecule has 0 amide bonds. The number of anilines is 1. The van der Waals surface area contributed by atoms with Crippen molar-refractivity contribution in [3.8, 4) is 0 Å². The Labute approximate surface area is 153 Å². The van der Waals surface area contributed by atoms with Gasteiger partial charge >= 0.3 is 0 Å². The zero-order valence-electron chi connectivity index (χ0n) is 13.2. The van der Waals surface area contributed by atoms with Gasteiger partial charge in [-0.1, -0.05) is 29.3 Å². The molecule has 1 atom stereocenters. The summed E-state index contributed by atoms with van der Waals surface area (Å²) in [7, 11) is 0. The van der Waals surface area contributed by atoms with E-state index in [4.69, 9.17) is 23.2 Å². The van der Waals surface area contributed by atoms with E-state index in [0.717, 1.165) is 25.1 Å². The van der Waals surface area contributed by atoms with Gasteiger partial charge in [0, 0.05) is 13.1 Å². The van der Waals surface area contributed by atoms with Crippen LogP contribution in [0.5, 0.6) is 0 Å². The van der Waals surface area contributed by atoms with E-state index >= 15 is 0 Å². The molecule has 1 aliphatic heterocycles. The monoisotopic (exact) mass is 378 g/mol. The highest BCUT2D eigenvalue weighted by molar-refractivity contribution is 6.42. The van der Waals surface area contributed by atoms with E-state index in [2.05, 4.69) is 25.7 Å². The van der Waals surface area contributed by atoms with Crippen molar-refractivity contribution >= 4 is 40.2 Å². The van der Waals surface area contributed by atoms with Crippen LogP contribution in [-0.4, -0.2) is 32.8 Å². The normalized spacial score (nSPS) is 17.3. The fourth-order valence-corrected chi connectivity index (χ4v) is 3.34. The van der Waals surface area contributed by atoms with Crippen LogP contribution in [0, 0.1) is 0 Å². The summed E-state index contributed by atoms with van der Waals surface area (Å²) >= 11 is 11.9. The predicted octanol–water partition coefficient (Wildman–Crippen LogP) is 2.57. The average molecular weight is 379 g/mol. The van der Waals surface area contributed by atoms with Gasteiger partial charge in [-0.25, -0.2) is 4.98 Å². The number of halogens is 2. The number of nitrogens with zero attached hydrogens (tertiary/aromatic N) is 3. The third-order valence-corrected chi connectivity index (χ3v) is 5.02. The minimum Gasteiger partial charge on any atom is -0.352 e. The number of aromatic amines is 1. The molecular weight excluding hydrogens is 363 g/mol. The summed E-state index contributed by atoms with van der Waals surface area (Å²) < 4.78 is 1.77. The molecule has 0 radical (unpaired) electrons. The minimum absolute atomic E-state index is 0.190. The van der Waals surface area contributed by atoms with Gasteiger partial charge in [-0.3, -0.25) is 14.5 Å². The summed E-state index contributed by atoms with van der Waals surface area (Å²) in [4.78, 5) is 19.7. The number of nitrogens with one attached hydrogen (secondary N) is 3. The molecule has 3 heterocycles. The lowest BCUT2D eigenvalue weighted by Crippen LogP contribution is -2.20. The molecule has 1 fully saturated rings. The van der Waals surface area contributed by atoms with Crippen LogP contribution >= 0.6 is 23.2 Å². The molecule has 7 nitrogen and oxygen atoms in total. The fourth-order valence-electron chi connectivity index (χ4n) is 3.01. The summed E-state index contributed by atoms with van der Waals surface area (Å²) in [5, 5.41) is 11.7. The van der Waals surface area contributed by atoms with Crippen molar-refractivity contribution in [2.45, 2.75) is 19.0 Å². The summed E-state index contributed by atoms with van der Waals surface area (Å²) in [6.45, 7) is 2.21. The van der Waals surface area contributed by atoms with Crippen LogP contribution in [0.3, 0.4) is 0 Å². The topological polar surface area (TPSA) is 87.6 Å². The number of hydrogen-bond donors (Lipinski definition) is 3. The molecule has 1 aromatic carbocycles. The molecule has 2 aromatic heterocycles. The second-order valence-electron chi connectivity index (χ2n) is 5.99. The van der Waals surface area contributed by atoms with Crippen molar-refractivity contribution in [2.24, 2.45) is 0 Å². The Balaban J connectivity index is 1.58.